The van der Waals surface area contributed by atoms with E-state index in [0.717, 1.165) is 30.2 Å². The first-order valence-corrected chi connectivity index (χ1v) is 4.92. The van der Waals surface area contributed by atoms with Crippen LogP contribution in [-0.2, 0) is 0 Å². The molecule has 3 heteroatoms. The zero-order chi connectivity index (χ0) is 9.80. The third-order valence-corrected chi connectivity index (χ3v) is 2.12. The number of para-hydroxylation sites is 1. The average Bonchev–Trinajstić information content (AvgIpc) is 2.72. The van der Waals surface area contributed by atoms with Gasteiger partial charge in [0.05, 0.1) is 18.7 Å². The van der Waals surface area contributed by atoms with Gasteiger partial charge in [-0.3, -0.25) is 4.99 Å². The van der Waals surface area contributed by atoms with Gasteiger partial charge in [-0.1, -0.05) is 12.1 Å². The minimum absolute atomic E-state index is 0.685. The van der Waals surface area contributed by atoms with E-state index in [1.165, 1.54) is 0 Å². The molecule has 0 saturated heterocycles. The van der Waals surface area contributed by atoms with Gasteiger partial charge < -0.3 is 10.1 Å². The van der Waals surface area contributed by atoms with Crippen LogP contribution in [0.25, 0.3) is 0 Å². The first-order valence-electron chi connectivity index (χ1n) is 4.92. The van der Waals surface area contributed by atoms with Crippen molar-refractivity contribution in [3.05, 3.63) is 29.8 Å². The fourth-order valence-corrected chi connectivity index (χ4v) is 1.52. The molecule has 74 valence electrons. The Hall–Kier alpha value is -1.51. The van der Waals surface area contributed by atoms with Crippen LogP contribution in [0.5, 0.6) is 5.75 Å². The Kier molecular flexibility index (Phi) is 2.68. The fraction of sp³-hybridized carbons (Fsp3) is 0.364. The number of nitrogens with zero attached hydrogens (tertiary/aromatic N) is 1. The minimum atomic E-state index is 0.685. The second-order valence-corrected chi connectivity index (χ2v) is 3.09. The Labute approximate surface area is 83.8 Å². The molecule has 0 aliphatic carbocycles. The molecule has 0 unspecified atom stereocenters. The Morgan fingerprint density at radius 2 is 2.29 bits per heavy atom. The highest BCUT2D eigenvalue weighted by Crippen LogP contribution is 2.18. The van der Waals surface area contributed by atoms with Crippen molar-refractivity contribution in [3.8, 4) is 5.75 Å². The lowest BCUT2D eigenvalue weighted by Crippen LogP contribution is -2.20. The summed E-state index contributed by atoms with van der Waals surface area (Å²) in [6.45, 7) is 4.45. The highest BCUT2D eigenvalue weighted by molar-refractivity contribution is 6.02. The lowest BCUT2D eigenvalue weighted by atomic mass is 10.2. The number of rotatable bonds is 3. The van der Waals surface area contributed by atoms with E-state index in [2.05, 4.69) is 10.3 Å². The molecule has 1 heterocycles. The summed E-state index contributed by atoms with van der Waals surface area (Å²) < 4.78 is 5.53. The molecule has 0 amide bonds. The lowest BCUT2D eigenvalue weighted by molar-refractivity contribution is 0.339. The van der Waals surface area contributed by atoms with Crippen LogP contribution < -0.4 is 10.1 Å². The van der Waals surface area contributed by atoms with Gasteiger partial charge in [0.15, 0.2) is 0 Å². The van der Waals surface area contributed by atoms with Crippen molar-refractivity contribution >= 4 is 5.84 Å². The SMILES string of the molecule is CCOc1ccccc1C1=NCCN1. The number of ether oxygens (including phenoxy) is 1. The monoisotopic (exact) mass is 190 g/mol. The summed E-state index contributed by atoms with van der Waals surface area (Å²) in [5, 5.41) is 3.24. The Bertz CT molecular complexity index is 347. The summed E-state index contributed by atoms with van der Waals surface area (Å²) in [5.41, 5.74) is 1.06. The van der Waals surface area contributed by atoms with Gasteiger partial charge in [0, 0.05) is 6.54 Å². The van der Waals surface area contributed by atoms with Crippen molar-refractivity contribution in [1.82, 2.24) is 5.32 Å². The summed E-state index contributed by atoms with van der Waals surface area (Å²) in [5.74, 6) is 1.86. The van der Waals surface area contributed by atoms with E-state index in [-0.39, 0.29) is 0 Å². The van der Waals surface area contributed by atoms with Crippen LogP contribution in [0.2, 0.25) is 0 Å². The third-order valence-electron chi connectivity index (χ3n) is 2.12. The maximum atomic E-state index is 5.53. The molecule has 1 aromatic rings. The van der Waals surface area contributed by atoms with Crippen LogP contribution in [0.15, 0.2) is 29.3 Å². The summed E-state index contributed by atoms with van der Waals surface area (Å²) in [4.78, 5) is 4.37. The normalized spacial score (nSPS) is 14.8. The van der Waals surface area contributed by atoms with E-state index in [4.69, 9.17) is 4.74 Å². The Morgan fingerprint density at radius 1 is 1.43 bits per heavy atom. The van der Waals surface area contributed by atoms with E-state index in [0.29, 0.717) is 6.61 Å². The highest BCUT2D eigenvalue weighted by atomic mass is 16.5. The number of aliphatic imine (C=N–C) groups is 1. The van der Waals surface area contributed by atoms with Crippen LogP contribution in [0.1, 0.15) is 12.5 Å². The Balaban J connectivity index is 2.31. The fourth-order valence-electron chi connectivity index (χ4n) is 1.52. The topological polar surface area (TPSA) is 33.6 Å². The maximum absolute atomic E-state index is 5.53. The number of benzene rings is 1. The van der Waals surface area contributed by atoms with Crippen molar-refractivity contribution in [2.24, 2.45) is 4.99 Å². The smallest absolute Gasteiger partial charge is 0.132 e. The van der Waals surface area contributed by atoms with Crippen molar-refractivity contribution in [2.45, 2.75) is 6.92 Å². The minimum Gasteiger partial charge on any atom is -0.493 e. The number of nitrogens with one attached hydrogen (secondary N) is 1. The first kappa shape index (κ1) is 9.06. The van der Waals surface area contributed by atoms with E-state index in [1.54, 1.807) is 0 Å². The zero-order valence-corrected chi connectivity index (χ0v) is 8.29. The second-order valence-electron chi connectivity index (χ2n) is 3.09. The van der Waals surface area contributed by atoms with Gasteiger partial charge in [0.1, 0.15) is 11.6 Å². The molecule has 0 spiro atoms. The van der Waals surface area contributed by atoms with Crippen molar-refractivity contribution in [2.75, 3.05) is 19.7 Å². The van der Waals surface area contributed by atoms with Gasteiger partial charge in [0.25, 0.3) is 0 Å². The summed E-state index contributed by atoms with van der Waals surface area (Å²) in [6.07, 6.45) is 0. The Morgan fingerprint density at radius 3 is 3.00 bits per heavy atom. The van der Waals surface area contributed by atoms with Gasteiger partial charge in [-0.25, -0.2) is 0 Å². The number of hydrogen-bond acceptors (Lipinski definition) is 3. The quantitative estimate of drug-likeness (QED) is 0.782. The molecular weight excluding hydrogens is 176 g/mol. The summed E-state index contributed by atoms with van der Waals surface area (Å²) in [6, 6.07) is 7.98. The van der Waals surface area contributed by atoms with Crippen molar-refractivity contribution in [3.63, 3.8) is 0 Å². The van der Waals surface area contributed by atoms with Crippen LogP contribution in [0.4, 0.5) is 0 Å². The van der Waals surface area contributed by atoms with Gasteiger partial charge in [-0.15, -0.1) is 0 Å². The molecule has 0 fully saturated rings. The standard InChI is InChI=1S/C11H14N2O/c1-2-14-10-6-4-3-5-9(10)11-12-7-8-13-11/h3-6H,2,7-8H2,1H3,(H,12,13). The van der Waals surface area contributed by atoms with Crippen molar-refractivity contribution in [1.29, 1.82) is 0 Å². The van der Waals surface area contributed by atoms with Crippen molar-refractivity contribution < 1.29 is 4.74 Å². The van der Waals surface area contributed by atoms with Gasteiger partial charge >= 0.3 is 0 Å². The molecule has 1 aromatic carbocycles. The van der Waals surface area contributed by atoms with E-state index >= 15 is 0 Å². The van der Waals surface area contributed by atoms with Gasteiger partial charge in [-0.2, -0.15) is 0 Å². The number of amidine groups is 1. The number of hydrogen-bond donors (Lipinski definition) is 1. The molecule has 14 heavy (non-hydrogen) atoms. The molecule has 1 N–H and O–H groups in total. The van der Waals surface area contributed by atoms with E-state index in [1.807, 2.05) is 31.2 Å². The van der Waals surface area contributed by atoms with Crippen LogP contribution >= 0.6 is 0 Å². The van der Waals surface area contributed by atoms with Gasteiger partial charge in [-0.05, 0) is 19.1 Å². The molecule has 2 rings (SSSR count). The van der Waals surface area contributed by atoms with Crippen LogP contribution in [0, 0.1) is 0 Å². The predicted octanol–water partition coefficient (Wildman–Crippen LogP) is 1.44. The largest absolute Gasteiger partial charge is 0.493 e. The summed E-state index contributed by atoms with van der Waals surface area (Å²) in [7, 11) is 0. The first-order chi connectivity index (χ1) is 6.92. The summed E-state index contributed by atoms with van der Waals surface area (Å²) >= 11 is 0. The molecule has 1 aliphatic heterocycles. The van der Waals surface area contributed by atoms with E-state index in [9.17, 15) is 0 Å². The molecule has 0 saturated carbocycles. The molecule has 0 aromatic heterocycles. The molecule has 0 bridgehead atoms. The molecule has 0 radical (unpaired) electrons. The zero-order valence-electron chi connectivity index (χ0n) is 8.29. The molecular formula is C11H14N2O. The van der Waals surface area contributed by atoms with Crippen LogP contribution in [-0.4, -0.2) is 25.5 Å². The lowest BCUT2D eigenvalue weighted by Gasteiger charge is -2.09. The average molecular weight is 190 g/mol. The third kappa shape index (κ3) is 1.71. The van der Waals surface area contributed by atoms with Gasteiger partial charge in [0.2, 0.25) is 0 Å². The highest BCUT2D eigenvalue weighted by Gasteiger charge is 2.12. The molecule has 3 nitrogen and oxygen atoms in total. The van der Waals surface area contributed by atoms with E-state index < -0.39 is 0 Å². The second kappa shape index (κ2) is 4.13. The molecule has 0 atom stereocenters. The molecule has 1 aliphatic rings. The van der Waals surface area contributed by atoms with Crippen LogP contribution in [0.3, 0.4) is 0 Å². The maximum Gasteiger partial charge on any atom is 0.132 e. The predicted molar refractivity (Wildman–Crippen MR) is 57.0 cm³/mol.